The van der Waals surface area contributed by atoms with Crippen LogP contribution in [0, 0.1) is 6.92 Å². The molecular weight excluding hydrogens is 370 g/mol. The number of aryl methyl sites for hydroxylation is 1. The zero-order valence-electron chi connectivity index (χ0n) is 12.4. The molecule has 0 saturated carbocycles. The van der Waals surface area contributed by atoms with Crippen LogP contribution in [-0.4, -0.2) is 24.9 Å². The normalized spacial score (nSPS) is 15.8. The lowest BCUT2D eigenvalue weighted by Gasteiger charge is -2.15. The second kappa shape index (κ2) is 6.46. The summed E-state index contributed by atoms with van der Waals surface area (Å²) in [6.45, 7) is 1.73. The van der Waals surface area contributed by atoms with Gasteiger partial charge in [0.15, 0.2) is 5.17 Å². The maximum Gasteiger partial charge on any atom is 0.285 e. The number of phenols is 1. The largest absolute Gasteiger partial charge is 0.507 e. The topological polar surface area (TPSA) is 91.1 Å². The molecule has 0 fully saturated rings. The third kappa shape index (κ3) is 3.40. The molecule has 3 rings (SSSR count). The molecular formula is C15H12ClN3O3S2. The van der Waals surface area contributed by atoms with Gasteiger partial charge in [0.05, 0.1) is 6.21 Å². The molecule has 6 nitrogen and oxygen atoms in total. The highest BCUT2D eigenvalue weighted by Crippen LogP contribution is 2.36. The number of benzene rings is 2. The second-order valence-corrected chi connectivity index (χ2v) is 7.96. The first-order chi connectivity index (χ1) is 11.4. The van der Waals surface area contributed by atoms with Gasteiger partial charge in [-0.25, -0.2) is 0 Å². The van der Waals surface area contributed by atoms with Crippen LogP contribution in [0.15, 0.2) is 55.7 Å². The minimum Gasteiger partial charge on any atom is -0.507 e. The molecule has 24 heavy (non-hydrogen) atoms. The van der Waals surface area contributed by atoms with Gasteiger partial charge in [-0.3, -0.25) is 5.43 Å². The number of halogens is 1. The molecule has 1 heterocycles. The van der Waals surface area contributed by atoms with E-state index in [1.54, 1.807) is 31.2 Å². The van der Waals surface area contributed by atoms with E-state index in [2.05, 4.69) is 14.9 Å². The molecule has 0 radical (unpaired) electrons. The van der Waals surface area contributed by atoms with E-state index in [1.807, 2.05) is 0 Å². The molecule has 2 N–H and O–H groups in total. The van der Waals surface area contributed by atoms with Gasteiger partial charge in [0.25, 0.3) is 10.0 Å². The fraction of sp³-hybridized carbons (Fsp3) is 0.0667. The van der Waals surface area contributed by atoms with Crippen molar-refractivity contribution in [3.05, 3.63) is 52.5 Å². The molecule has 0 saturated heterocycles. The summed E-state index contributed by atoms with van der Waals surface area (Å²) in [6, 6.07) is 9.74. The van der Waals surface area contributed by atoms with Crippen LogP contribution in [0.4, 0.5) is 0 Å². The SMILES string of the molecule is Cc1cc2c(cc1Cl)SC(N/N=C/c1ccccc1O)=NS2(=O)=O. The highest BCUT2D eigenvalue weighted by Gasteiger charge is 2.26. The van der Waals surface area contributed by atoms with E-state index in [0.29, 0.717) is 21.0 Å². The maximum absolute atomic E-state index is 12.3. The summed E-state index contributed by atoms with van der Waals surface area (Å²) in [5, 5.41) is 14.2. The average Bonchev–Trinajstić information content (AvgIpc) is 2.51. The third-order valence-corrected chi connectivity index (χ3v) is 6.12. The average molecular weight is 382 g/mol. The van der Waals surface area contributed by atoms with E-state index >= 15 is 0 Å². The summed E-state index contributed by atoms with van der Waals surface area (Å²) in [7, 11) is -3.81. The van der Waals surface area contributed by atoms with Gasteiger partial charge in [0.1, 0.15) is 10.6 Å². The van der Waals surface area contributed by atoms with Gasteiger partial charge < -0.3 is 5.11 Å². The molecule has 1 aliphatic rings. The third-order valence-electron chi connectivity index (χ3n) is 3.21. The Labute approximate surface area is 148 Å². The number of thioether (sulfide) groups is 1. The molecule has 0 bridgehead atoms. The van der Waals surface area contributed by atoms with Crippen molar-refractivity contribution < 1.29 is 13.5 Å². The Morgan fingerprint density at radius 3 is 2.83 bits per heavy atom. The molecule has 0 atom stereocenters. The van der Waals surface area contributed by atoms with E-state index < -0.39 is 10.0 Å². The predicted octanol–water partition coefficient (Wildman–Crippen LogP) is 3.13. The van der Waals surface area contributed by atoms with E-state index in [4.69, 9.17) is 11.6 Å². The van der Waals surface area contributed by atoms with Crippen molar-refractivity contribution in [1.82, 2.24) is 5.43 Å². The summed E-state index contributed by atoms with van der Waals surface area (Å²) < 4.78 is 28.2. The number of para-hydroxylation sites is 1. The highest BCUT2D eigenvalue weighted by atomic mass is 35.5. The van der Waals surface area contributed by atoms with Gasteiger partial charge in [-0.05, 0) is 48.5 Å². The molecule has 0 spiro atoms. The van der Waals surface area contributed by atoms with E-state index in [0.717, 1.165) is 11.8 Å². The van der Waals surface area contributed by atoms with Crippen LogP contribution < -0.4 is 5.43 Å². The fourth-order valence-electron chi connectivity index (χ4n) is 2.00. The molecule has 0 aromatic heterocycles. The number of amidine groups is 1. The van der Waals surface area contributed by atoms with Crippen LogP contribution >= 0.6 is 23.4 Å². The Morgan fingerprint density at radius 2 is 2.08 bits per heavy atom. The summed E-state index contributed by atoms with van der Waals surface area (Å²) >= 11 is 7.18. The fourth-order valence-corrected chi connectivity index (χ4v) is 4.75. The number of aromatic hydroxyl groups is 1. The van der Waals surface area contributed by atoms with Crippen LogP contribution in [-0.2, 0) is 10.0 Å². The molecule has 124 valence electrons. The number of nitrogens with one attached hydrogen (secondary N) is 1. The zero-order chi connectivity index (χ0) is 17.3. The summed E-state index contributed by atoms with van der Waals surface area (Å²) in [5.41, 5.74) is 3.74. The lowest BCUT2D eigenvalue weighted by atomic mass is 10.2. The molecule has 0 amide bonds. The van der Waals surface area contributed by atoms with Crippen molar-refractivity contribution in [1.29, 1.82) is 0 Å². The first kappa shape index (κ1) is 16.8. The van der Waals surface area contributed by atoms with Crippen LogP contribution in [0.1, 0.15) is 11.1 Å². The lowest BCUT2D eigenvalue weighted by molar-refractivity contribution is 0.474. The van der Waals surface area contributed by atoms with Gasteiger partial charge in [0.2, 0.25) is 0 Å². The van der Waals surface area contributed by atoms with Crippen molar-refractivity contribution in [2.75, 3.05) is 0 Å². The number of fused-ring (bicyclic) bond motifs is 1. The van der Waals surface area contributed by atoms with Crippen LogP contribution in [0.3, 0.4) is 0 Å². The first-order valence-electron chi connectivity index (χ1n) is 6.77. The lowest BCUT2D eigenvalue weighted by Crippen LogP contribution is -2.20. The first-order valence-corrected chi connectivity index (χ1v) is 9.40. The number of rotatable bonds is 2. The van der Waals surface area contributed by atoms with Gasteiger partial charge in [-0.2, -0.15) is 13.5 Å². The minimum absolute atomic E-state index is 0.0708. The Balaban J connectivity index is 1.85. The van der Waals surface area contributed by atoms with E-state index in [-0.39, 0.29) is 15.8 Å². The summed E-state index contributed by atoms with van der Waals surface area (Å²) in [6.07, 6.45) is 1.38. The van der Waals surface area contributed by atoms with Crippen LogP contribution in [0.5, 0.6) is 5.75 Å². The quantitative estimate of drug-likeness (QED) is 0.616. The van der Waals surface area contributed by atoms with Crippen LogP contribution in [0.2, 0.25) is 5.02 Å². The standard InChI is InChI=1S/C15H12ClN3O3S2/c1-9-6-14-13(7-11(9)16)23-15(19-24(14,21)22)18-17-8-10-4-2-3-5-12(10)20/h2-8,20H,1H3,(H,18,19)/b17-8+. The van der Waals surface area contributed by atoms with Gasteiger partial charge in [-0.15, -0.1) is 4.40 Å². The molecule has 2 aromatic rings. The second-order valence-electron chi connectivity index (χ2n) is 4.95. The predicted molar refractivity (Wildman–Crippen MR) is 95.5 cm³/mol. The Kier molecular flexibility index (Phi) is 4.53. The van der Waals surface area contributed by atoms with Crippen molar-refractivity contribution in [2.24, 2.45) is 9.50 Å². The number of hydrazone groups is 1. The molecule has 0 unspecified atom stereocenters. The molecule has 0 aliphatic carbocycles. The number of hydrogen-bond donors (Lipinski definition) is 2. The number of nitrogens with zero attached hydrogens (tertiary/aromatic N) is 2. The Morgan fingerprint density at radius 1 is 1.33 bits per heavy atom. The van der Waals surface area contributed by atoms with Crippen molar-refractivity contribution in [2.45, 2.75) is 16.7 Å². The number of hydrogen-bond acceptors (Lipinski definition) is 6. The summed E-state index contributed by atoms with van der Waals surface area (Å²) in [4.78, 5) is 0.616. The maximum atomic E-state index is 12.3. The molecule has 2 aromatic carbocycles. The Hall–Kier alpha value is -2.03. The van der Waals surface area contributed by atoms with E-state index in [1.165, 1.54) is 18.3 Å². The number of sulfonamides is 1. The smallest absolute Gasteiger partial charge is 0.285 e. The van der Waals surface area contributed by atoms with Gasteiger partial charge in [-0.1, -0.05) is 23.7 Å². The monoisotopic (exact) mass is 381 g/mol. The molecule has 9 heteroatoms. The zero-order valence-corrected chi connectivity index (χ0v) is 14.8. The van der Waals surface area contributed by atoms with Gasteiger partial charge in [0, 0.05) is 15.5 Å². The summed E-state index contributed by atoms with van der Waals surface area (Å²) in [5.74, 6) is 0.0708. The van der Waals surface area contributed by atoms with Crippen molar-refractivity contribution in [3.8, 4) is 5.75 Å². The van der Waals surface area contributed by atoms with Crippen LogP contribution in [0.25, 0.3) is 0 Å². The van der Waals surface area contributed by atoms with Crippen molar-refractivity contribution in [3.63, 3.8) is 0 Å². The van der Waals surface area contributed by atoms with E-state index in [9.17, 15) is 13.5 Å². The van der Waals surface area contributed by atoms with Gasteiger partial charge >= 0.3 is 0 Å². The Bertz CT molecular complexity index is 972. The molecule has 1 aliphatic heterocycles. The highest BCUT2D eigenvalue weighted by molar-refractivity contribution is 8.15. The minimum atomic E-state index is -3.81. The number of phenolic OH excluding ortho intramolecular Hbond substituents is 1. The van der Waals surface area contributed by atoms with Crippen molar-refractivity contribution >= 4 is 44.8 Å².